The Morgan fingerprint density at radius 1 is 0.231 bits per heavy atom. The molecule has 0 atom stereocenters. The molecule has 0 saturated carbocycles. The van der Waals surface area contributed by atoms with Gasteiger partial charge in [0.2, 0.25) is 0 Å². The zero-order valence-corrected chi connectivity index (χ0v) is 34.5. The van der Waals surface area contributed by atoms with Gasteiger partial charge in [-0.15, -0.1) is 0 Å². The zero-order valence-electron chi connectivity index (χ0n) is 27.7. The van der Waals surface area contributed by atoms with E-state index in [-0.39, 0.29) is 20.1 Å². The third-order valence-electron chi connectivity index (χ3n) is 6.75. The molecular weight excluding hydrogens is 994 g/mol. The quantitative estimate of drug-likeness (QED) is 0.0885. The van der Waals surface area contributed by atoms with Crippen molar-refractivity contribution in [2.75, 3.05) is 0 Å². The predicted octanol–water partition coefficient (Wildman–Crippen LogP) is 10.7. The Hall–Kier alpha value is -3.55. The molecule has 0 aliphatic carbocycles. The fourth-order valence-corrected chi connectivity index (χ4v) is 9.35. The first kappa shape index (κ1) is 42.9. The SMILES string of the molecule is [F][Sb-]([F])([F])([F])([F])[F].[Ir].c1ccc(P(c2ccccc2)c2ccccc2)cc1.c1ccc(P(c2ccccc2)c2ccccc2)cc1.c1ccccc1. The van der Waals surface area contributed by atoms with Gasteiger partial charge in [-0.05, 0) is 47.7 Å². The van der Waals surface area contributed by atoms with Crippen LogP contribution in [0, 0.1) is 0 Å². The topological polar surface area (TPSA) is 0 Å². The van der Waals surface area contributed by atoms with Crippen LogP contribution in [0.15, 0.2) is 218 Å². The van der Waals surface area contributed by atoms with Gasteiger partial charge in [0.15, 0.2) is 0 Å². The molecule has 0 amide bonds. The average molecular weight is 1030 g/mol. The Morgan fingerprint density at radius 2 is 0.327 bits per heavy atom. The molecule has 7 aromatic rings. The van der Waals surface area contributed by atoms with Gasteiger partial charge in [0.1, 0.15) is 0 Å². The molecule has 0 saturated heterocycles. The van der Waals surface area contributed by atoms with Crippen LogP contribution in [-0.4, -0.2) is 19.5 Å². The second kappa shape index (κ2) is 20.1. The Morgan fingerprint density at radius 3 is 0.442 bits per heavy atom. The third kappa shape index (κ3) is 17.3. The standard InChI is InChI=1S/2C18H15P.C6H6.6FH.Ir.Sb/c2*1-4-10-16(11-5-1)19(17-12-6-2-7-13-17)18-14-8-3-9-15-18;1-2-4-6-5-3-1;;;;;;;;/h2*1-15H;1-6H;6*1H;;/q;;;;;;;;;;+5/p-6. The summed E-state index contributed by atoms with van der Waals surface area (Å²) in [6.45, 7) is 0. The summed E-state index contributed by atoms with van der Waals surface area (Å²) in [7, 11) is -0.892. The van der Waals surface area contributed by atoms with Gasteiger partial charge in [-0.3, -0.25) is 0 Å². The van der Waals surface area contributed by atoms with Gasteiger partial charge in [-0.1, -0.05) is 218 Å². The summed E-state index contributed by atoms with van der Waals surface area (Å²) in [6.07, 6.45) is 0. The van der Waals surface area contributed by atoms with Crippen LogP contribution in [0.25, 0.3) is 0 Å². The van der Waals surface area contributed by atoms with Gasteiger partial charge in [-0.2, -0.15) is 0 Å². The maximum atomic E-state index is 9.93. The first-order valence-electron chi connectivity index (χ1n) is 15.8. The summed E-state index contributed by atoms with van der Waals surface area (Å²) in [5, 5.41) is 8.39. The van der Waals surface area contributed by atoms with E-state index in [4.69, 9.17) is 0 Å². The van der Waals surface area contributed by atoms with Crippen molar-refractivity contribution < 1.29 is 37.0 Å². The summed E-state index contributed by atoms with van der Waals surface area (Å²) in [4.78, 5) is 0. The van der Waals surface area contributed by atoms with E-state index in [2.05, 4.69) is 182 Å². The van der Waals surface area contributed by atoms with Crippen molar-refractivity contribution in [1.29, 1.82) is 0 Å². The molecule has 7 rings (SSSR count). The van der Waals surface area contributed by atoms with E-state index in [9.17, 15) is 16.9 Å². The van der Waals surface area contributed by atoms with Crippen LogP contribution in [-0.2, 0) is 20.1 Å². The van der Waals surface area contributed by atoms with Gasteiger partial charge < -0.3 is 0 Å². The molecule has 0 aromatic heterocycles. The molecule has 0 fully saturated rings. The minimum Gasteiger partial charge on any atom is -0.0623 e. The number of hydrogen-bond donors (Lipinski definition) is 0. The van der Waals surface area contributed by atoms with Gasteiger partial charge in [0.05, 0.1) is 0 Å². The summed E-state index contributed by atoms with van der Waals surface area (Å²) < 4.78 is 59.6. The second-order valence-corrected chi connectivity index (χ2v) is 20.7. The van der Waals surface area contributed by atoms with Crippen LogP contribution < -0.4 is 31.8 Å². The normalized spacial score (nSPS) is 11.8. The summed E-state index contributed by atoms with van der Waals surface area (Å²) in [5.41, 5.74) is 0. The fraction of sp³-hybridized carbons (Fsp3) is 0. The van der Waals surface area contributed by atoms with E-state index in [0.29, 0.717) is 0 Å². The summed E-state index contributed by atoms with van der Waals surface area (Å²) >= 11 is -11.2. The van der Waals surface area contributed by atoms with E-state index in [1.54, 1.807) is 0 Å². The Bertz CT molecular complexity index is 1620. The van der Waals surface area contributed by atoms with Crippen LogP contribution in [0.5, 0.6) is 0 Å². The monoisotopic (exact) mass is 1030 g/mol. The number of hydrogen-bond acceptors (Lipinski definition) is 0. The van der Waals surface area contributed by atoms with Crippen molar-refractivity contribution in [1.82, 2.24) is 0 Å². The van der Waals surface area contributed by atoms with Crippen molar-refractivity contribution in [3.63, 3.8) is 0 Å². The molecule has 7 aromatic carbocycles. The van der Waals surface area contributed by atoms with Crippen molar-refractivity contribution in [2.45, 2.75) is 0 Å². The van der Waals surface area contributed by atoms with E-state index in [0.717, 1.165) is 0 Å². The van der Waals surface area contributed by atoms with Crippen molar-refractivity contribution in [2.24, 2.45) is 0 Å². The minimum absolute atomic E-state index is 0. The van der Waals surface area contributed by atoms with E-state index in [1.165, 1.54) is 31.8 Å². The first-order chi connectivity index (χ1) is 24.3. The zero-order chi connectivity index (χ0) is 36.5. The molecule has 52 heavy (non-hydrogen) atoms. The molecule has 271 valence electrons. The first-order valence-corrected chi connectivity index (χ1v) is 24.3. The Balaban J connectivity index is 0.000000207. The molecule has 0 N–H and O–H groups in total. The van der Waals surface area contributed by atoms with Crippen LogP contribution in [0.1, 0.15) is 0 Å². The van der Waals surface area contributed by atoms with Crippen LogP contribution in [0.4, 0.5) is 16.9 Å². The number of halogens is 6. The molecule has 0 aliphatic heterocycles. The average Bonchev–Trinajstić information content (AvgIpc) is 3.15. The van der Waals surface area contributed by atoms with Gasteiger partial charge in [0.25, 0.3) is 0 Å². The van der Waals surface area contributed by atoms with Crippen LogP contribution in [0.2, 0.25) is 0 Å². The number of rotatable bonds is 6. The maximum Gasteiger partial charge on any atom is 0 e. The molecule has 10 heteroatoms. The molecule has 1 radical (unpaired) electrons. The van der Waals surface area contributed by atoms with Crippen LogP contribution >= 0.6 is 15.8 Å². The van der Waals surface area contributed by atoms with Gasteiger partial charge >= 0.3 is 36.4 Å². The van der Waals surface area contributed by atoms with Gasteiger partial charge in [0, 0.05) is 20.1 Å². The second-order valence-electron chi connectivity index (χ2n) is 10.8. The van der Waals surface area contributed by atoms with Gasteiger partial charge in [-0.25, -0.2) is 0 Å². The minimum atomic E-state index is -11.2. The molecule has 0 aliphatic rings. The van der Waals surface area contributed by atoms with Crippen molar-refractivity contribution in [3.05, 3.63) is 218 Å². The van der Waals surface area contributed by atoms with E-state index >= 15 is 0 Å². The molecule has 0 nitrogen and oxygen atoms in total. The van der Waals surface area contributed by atoms with Crippen molar-refractivity contribution >= 4 is 67.1 Å². The molecular formula is C42H36F6IrP2Sb-. The number of benzene rings is 7. The molecule has 0 bridgehead atoms. The third-order valence-corrected chi connectivity index (χ3v) is 11.6. The maximum absolute atomic E-state index is 11.2. The molecule has 0 spiro atoms. The van der Waals surface area contributed by atoms with Crippen LogP contribution in [0.3, 0.4) is 0 Å². The van der Waals surface area contributed by atoms with Crippen molar-refractivity contribution in [3.8, 4) is 0 Å². The molecule has 0 heterocycles. The molecule has 0 unspecified atom stereocenters. The fourth-order valence-electron chi connectivity index (χ4n) is 4.74. The summed E-state index contributed by atoms with van der Waals surface area (Å²) in [6, 6.07) is 76.7. The largest absolute Gasteiger partial charge is 0.0623 e. The van der Waals surface area contributed by atoms with E-state index in [1.807, 2.05) is 36.4 Å². The summed E-state index contributed by atoms with van der Waals surface area (Å²) in [5.74, 6) is 0. The smallest absolute Gasteiger partial charge is 0 e. The Labute approximate surface area is 320 Å². The Kier molecular flexibility index (Phi) is 16.5. The van der Waals surface area contributed by atoms with E-state index < -0.39 is 35.3 Å². The predicted molar refractivity (Wildman–Crippen MR) is 209 cm³/mol.